The molecular formula is C20H25N3O4S. The van der Waals surface area contributed by atoms with Crippen LogP contribution < -0.4 is 11.1 Å². The maximum atomic E-state index is 12.8. The molecule has 2 aliphatic heterocycles. The molecular weight excluding hydrogens is 378 g/mol. The van der Waals surface area contributed by atoms with Gasteiger partial charge in [-0.1, -0.05) is 18.9 Å². The number of fused-ring (bicyclic) bond motifs is 1. The number of nitrogens with zero attached hydrogens (tertiary/aromatic N) is 1. The van der Waals surface area contributed by atoms with Crippen molar-refractivity contribution in [2.75, 3.05) is 5.75 Å². The highest BCUT2D eigenvalue weighted by molar-refractivity contribution is 7.99. The molecule has 3 rings (SSSR count). The molecule has 2 aliphatic rings. The number of carbonyl (C=O) groups excluding carboxylic acids is 4. The summed E-state index contributed by atoms with van der Waals surface area (Å²) in [7, 11) is 0. The van der Waals surface area contributed by atoms with Crippen molar-refractivity contribution in [3.05, 3.63) is 29.3 Å². The molecule has 1 atom stereocenters. The van der Waals surface area contributed by atoms with Crippen LogP contribution in [0.25, 0.3) is 0 Å². The van der Waals surface area contributed by atoms with E-state index in [1.807, 2.05) is 12.1 Å². The normalized spacial score (nSPS) is 18.9. The molecule has 7 nitrogen and oxygen atoms in total. The van der Waals surface area contributed by atoms with E-state index in [1.54, 1.807) is 22.7 Å². The molecule has 1 aromatic carbocycles. The maximum absolute atomic E-state index is 12.8. The fourth-order valence-electron chi connectivity index (χ4n) is 3.63. The summed E-state index contributed by atoms with van der Waals surface area (Å²) in [4.78, 5) is 49.7. The number of thioether (sulfide) groups is 1. The van der Waals surface area contributed by atoms with Gasteiger partial charge in [-0.2, -0.15) is 0 Å². The van der Waals surface area contributed by atoms with E-state index in [0.717, 1.165) is 41.9 Å². The Morgan fingerprint density at radius 1 is 1.18 bits per heavy atom. The number of primary amides is 1. The Morgan fingerprint density at radius 3 is 2.71 bits per heavy atom. The number of hydrogen-bond acceptors (Lipinski definition) is 5. The van der Waals surface area contributed by atoms with E-state index in [2.05, 4.69) is 5.32 Å². The van der Waals surface area contributed by atoms with Gasteiger partial charge in [0.15, 0.2) is 0 Å². The van der Waals surface area contributed by atoms with Crippen LogP contribution in [0.4, 0.5) is 0 Å². The minimum atomic E-state index is -0.583. The molecule has 0 saturated carbocycles. The zero-order valence-electron chi connectivity index (χ0n) is 15.7. The van der Waals surface area contributed by atoms with E-state index >= 15 is 0 Å². The Morgan fingerprint density at radius 2 is 1.96 bits per heavy atom. The van der Waals surface area contributed by atoms with Crippen LogP contribution in [-0.2, 0) is 20.9 Å². The van der Waals surface area contributed by atoms with Crippen LogP contribution in [-0.4, -0.2) is 40.3 Å². The molecule has 0 aromatic heterocycles. The number of imide groups is 1. The molecule has 0 spiro atoms. The zero-order chi connectivity index (χ0) is 20.1. The van der Waals surface area contributed by atoms with Crippen LogP contribution in [0.3, 0.4) is 0 Å². The van der Waals surface area contributed by atoms with Gasteiger partial charge < -0.3 is 10.6 Å². The first-order chi connectivity index (χ1) is 13.5. The van der Waals surface area contributed by atoms with Gasteiger partial charge in [-0.25, -0.2) is 0 Å². The van der Waals surface area contributed by atoms with Crippen molar-refractivity contribution in [3.8, 4) is 0 Å². The zero-order valence-corrected chi connectivity index (χ0v) is 16.6. The average Bonchev–Trinajstić information content (AvgIpc) is 2.98. The number of benzene rings is 1. The van der Waals surface area contributed by atoms with Crippen molar-refractivity contribution in [1.29, 1.82) is 0 Å². The van der Waals surface area contributed by atoms with Gasteiger partial charge in [-0.3, -0.25) is 24.5 Å². The molecule has 1 unspecified atom stereocenters. The number of unbranched alkanes of at least 4 members (excludes halogenated alkanes) is 3. The van der Waals surface area contributed by atoms with E-state index < -0.39 is 6.04 Å². The van der Waals surface area contributed by atoms with Crippen molar-refractivity contribution in [2.45, 2.75) is 62.4 Å². The Bertz CT molecular complexity index is 796. The highest BCUT2D eigenvalue weighted by Crippen LogP contribution is 2.34. The summed E-state index contributed by atoms with van der Waals surface area (Å²) in [6, 6.07) is 5.11. The first-order valence-electron chi connectivity index (χ1n) is 9.65. The van der Waals surface area contributed by atoms with Crippen molar-refractivity contribution < 1.29 is 19.2 Å². The lowest BCUT2D eigenvalue weighted by Gasteiger charge is -2.29. The monoisotopic (exact) mass is 403 g/mol. The molecule has 0 bridgehead atoms. The fraction of sp³-hybridized carbons (Fsp3) is 0.500. The molecule has 28 heavy (non-hydrogen) atoms. The number of rotatable bonds is 9. The van der Waals surface area contributed by atoms with Crippen LogP contribution in [0.5, 0.6) is 0 Å². The summed E-state index contributed by atoms with van der Waals surface area (Å²) in [6.07, 6.45) is 4.95. The number of nitrogens with two attached hydrogens (primary N) is 1. The molecule has 1 saturated heterocycles. The van der Waals surface area contributed by atoms with E-state index in [-0.39, 0.29) is 30.0 Å². The molecule has 0 aliphatic carbocycles. The number of amides is 4. The number of piperidine rings is 1. The van der Waals surface area contributed by atoms with E-state index in [1.165, 1.54) is 0 Å². The largest absolute Gasteiger partial charge is 0.370 e. The Labute approximate surface area is 168 Å². The number of nitrogens with one attached hydrogen (secondary N) is 1. The average molecular weight is 404 g/mol. The predicted octanol–water partition coefficient (Wildman–Crippen LogP) is 1.98. The lowest BCUT2D eigenvalue weighted by atomic mass is 10.0. The molecule has 0 radical (unpaired) electrons. The van der Waals surface area contributed by atoms with Crippen molar-refractivity contribution in [2.24, 2.45) is 5.73 Å². The summed E-state index contributed by atoms with van der Waals surface area (Å²) < 4.78 is 0. The van der Waals surface area contributed by atoms with Gasteiger partial charge >= 0.3 is 0 Å². The Balaban J connectivity index is 1.56. The fourth-order valence-corrected chi connectivity index (χ4v) is 4.72. The Hall–Kier alpha value is -2.35. The number of carbonyl (C=O) groups is 4. The number of hydrogen-bond donors (Lipinski definition) is 2. The standard InChI is InChI=1S/C20H25N3O4S/c21-17(24)8-3-1-2-4-11-28-16-7-5-6-13-14(16)12-23(20(13)27)15-9-10-18(25)22-19(15)26/h5-7,15H,1-4,8-12H2,(H2,21,24)(H,22,25,26). The first kappa shape index (κ1) is 20.4. The van der Waals surface area contributed by atoms with Gasteiger partial charge in [0.25, 0.3) is 5.91 Å². The van der Waals surface area contributed by atoms with Crippen LogP contribution >= 0.6 is 11.8 Å². The third-order valence-electron chi connectivity index (χ3n) is 5.11. The smallest absolute Gasteiger partial charge is 0.255 e. The molecule has 3 N–H and O–H groups in total. The summed E-state index contributed by atoms with van der Waals surface area (Å²) in [5.74, 6) is -0.127. The van der Waals surface area contributed by atoms with E-state index in [9.17, 15) is 19.2 Å². The molecule has 4 amide bonds. The maximum Gasteiger partial charge on any atom is 0.255 e. The summed E-state index contributed by atoms with van der Waals surface area (Å²) in [6.45, 7) is 0.405. The van der Waals surface area contributed by atoms with E-state index in [0.29, 0.717) is 24.9 Å². The highest BCUT2D eigenvalue weighted by Gasteiger charge is 2.39. The second-order valence-corrected chi connectivity index (χ2v) is 8.30. The summed E-state index contributed by atoms with van der Waals surface area (Å²) in [5, 5.41) is 2.33. The van der Waals surface area contributed by atoms with Crippen LogP contribution in [0.15, 0.2) is 23.1 Å². The van der Waals surface area contributed by atoms with Gasteiger partial charge in [0, 0.05) is 29.8 Å². The first-order valence-corrected chi connectivity index (χ1v) is 10.6. The lowest BCUT2D eigenvalue weighted by Crippen LogP contribution is -2.52. The van der Waals surface area contributed by atoms with Crippen LogP contribution in [0.2, 0.25) is 0 Å². The third kappa shape index (κ3) is 4.73. The minimum absolute atomic E-state index is 0.140. The van der Waals surface area contributed by atoms with Crippen molar-refractivity contribution in [1.82, 2.24) is 10.2 Å². The van der Waals surface area contributed by atoms with Gasteiger partial charge in [-0.15, -0.1) is 11.8 Å². The lowest BCUT2D eigenvalue weighted by molar-refractivity contribution is -0.137. The summed E-state index contributed by atoms with van der Waals surface area (Å²) >= 11 is 1.72. The van der Waals surface area contributed by atoms with Crippen LogP contribution in [0, 0.1) is 0 Å². The van der Waals surface area contributed by atoms with Gasteiger partial charge in [0.1, 0.15) is 6.04 Å². The molecule has 150 valence electrons. The Kier molecular flexibility index (Phi) is 6.72. The van der Waals surface area contributed by atoms with E-state index in [4.69, 9.17) is 5.73 Å². The second-order valence-electron chi connectivity index (χ2n) is 7.16. The van der Waals surface area contributed by atoms with Gasteiger partial charge in [0.2, 0.25) is 17.7 Å². The van der Waals surface area contributed by atoms with Gasteiger partial charge in [0.05, 0.1) is 0 Å². The predicted molar refractivity (Wildman–Crippen MR) is 105 cm³/mol. The SMILES string of the molecule is NC(=O)CCCCCCSc1cccc2c1CN(C1CCC(=O)NC1=O)C2=O. The minimum Gasteiger partial charge on any atom is -0.370 e. The third-order valence-corrected chi connectivity index (χ3v) is 6.30. The highest BCUT2D eigenvalue weighted by atomic mass is 32.2. The molecule has 1 fully saturated rings. The topological polar surface area (TPSA) is 110 Å². The van der Waals surface area contributed by atoms with Crippen LogP contribution in [0.1, 0.15) is 60.9 Å². The molecule has 2 heterocycles. The van der Waals surface area contributed by atoms with Crippen molar-refractivity contribution >= 4 is 35.4 Å². The molecule has 8 heteroatoms. The van der Waals surface area contributed by atoms with Crippen molar-refractivity contribution in [3.63, 3.8) is 0 Å². The summed E-state index contributed by atoms with van der Waals surface area (Å²) in [5.41, 5.74) is 6.75. The second kappa shape index (κ2) is 9.23. The van der Waals surface area contributed by atoms with Gasteiger partial charge in [-0.05, 0) is 42.7 Å². The quantitative estimate of drug-likeness (QED) is 0.372. The molecule has 1 aromatic rings.